The predicted molar refractivity (Wildman–Crippen MR) is 90.0 cm³/mol. The van der Waals surface area contributed by atoms with Gasteiger partial charge in [-0.15, -0.1) is 11.3 Å². The van der Waals surface area contributed by atoms with Crippen LogP contribution in [0.2, 0.25) is 0 Å². The smallest absolute Gasteiger partial charge is 0.289 e. The van der Waals surface area contributed by atoms with E-state index in [2.05, 4.69) is 0 Å². The number of carbonyl (C=O) groups excluding carboxylic acids is 3. The topological polar surface area (TPSA) is 86.7 Å². The maximum absolute atomic E-state index is 12.2. The van der Waals surface area contributed by atoms with Gasteiger partial charge < -0.3 is 0 Å². The summed E-state index contributed by atoms with van der Waals surface area (Å²) < 4.78 is 0. The zero-order valence-corrected chi connectivity index (χ0v) is 14.1. The average Bonchev–Trinajstić information content (AvgIpc) is 3.13. The molecule has 0 unspecified atom stereocenters. The molecule has 1 saturated heterocycles. The molecular formula is C15H18N2O4S2. The minimum atomic E-state index is -0.394. The van der Waals surface area contributed by atoms with Crippen molar-refractivity contribution in [2.75, 3.05) is 6.54 Å². The van der Waals surface area contributed by atoms with E-state index in [1.54, 1.807) is 11.6 Å². The van der Waals surface area contributed by atoms with Crippen LogP contribution in [0.4, 0.5) is 4.79 Å². The molecule has 2 N–H and O–H groups in total. The number of hydrogen-bond acceptors (Lipinski definition) is 6. The normalized spacial score (nSPS) is 16.4. The highest BCUT2D eigenvalue weighted by atomic mass is 32.2. The average molecular weight is 354 g/mol. The van der Waals surface area contributed by atoms with Gasteiger partial charge in [0, 0.05) is 17.8 Å². The van der Waals surface area contributed by atoms with Gasteiger partial charge in [0.25, 0.3) is 11.1 Å². The van der Waals surface area contributed by atoms with Gasteiger partial charge >= 0.3 is 0 Å². The highest BCUT2D eigenvalue weighted by Gasteiger charge is 2.34. The van der Waals surface area contributed by atoms with E-state index in [-0.39, 0.29) is 17.6 Å². The number of rotatable bonds is 8. The fourth-order valence-electron chi connectivity index (χ4n) is 2.16. The fourth-order valence-corrected chi connectivity index (χ4v) is 3.75. The second-order valence-electron chi connectivity index (χ2n) is 5.05. The highest BCUT2D eigenvalue weighted by molar-refractivity contribution is 8.18. The Morgan fingerprint density at radius 2 is 2.04 bits per heavy atom. The van der Waals surface area contributed by atoms with Crippen LogP contribution in [-0.4, -0.2) is 33.7 Å². The van der Waals surface area contributed by atoms with E-state index in [1.165, 1.54) is 16.2 Å². The summed E-state index contributed by atoms with van der Waals surface area (Å²) in [7, 11) is 0. The fraction of sp³-hybridized carbons (Fsp3) is 0.400. The van der Waals surface area contributed by atoms with E-state index < -0.39 is 5.91 Å². The minimum absolute atomic E-state index is 0.225. The lowest BCUT2D eigenvalue weighted by atomic mass is 10.1. The van der Waals surface area contributed by atoms with Gasteiger partial charge in [0.15, 0.2) is 0 Å². The molecule has 2 rings (SSSR count). The number of unbranched alkanes of at least 4 members (excludes halogenated alkanes) is 3. The molecule has 23 heavy (non-hydrogen) atoms. The molecule has 8 heteroatoms. The van der Waals surface area contributed by atoms with Crippen molar-refractivity contribution in [1.82, 2.24) is 10.4 Å². The van der Waals surface area contributed by atoms with E-state index in [4.69, 9.17) is 5.21 Å². The number of thioether (sulfide) groups is 1. The Balaban J connectivity index is 1.74. The number of nitrogens with zero attached hydrogens (tertiary/aromatic N) is 1. The molecule has 0 aromatic carbocycles. The zero-order valence-electron chi connectivity index (χ0n) is 12.5. The summed E-state index contributed by atoms with van der Waals surface area (Å²) in [6.07, 6.45) is 5.06. The van der Waals surface area contributed by atoms with E-state index >= 15 is 0 Å². The third-order valence-electron chi connectivity index (χ3n) is 3.35. The Bertz CT molecular complexity index is 599. The van der Waals surface area contributed by atoms with Crippen LogP contribution in [0, 0.1) is 0 Å². The van der Waals surface area contributed by atoms with Crippen LogP contribution in [0.3, 0.4) is 0 Å². The number of carbonyl (C=O) groups is 3. The van der Waals surface area contributed by atoms with Gasteiger partial charge in [0.1, 0.15) is 0 Å². The molecule has 0 spiro atoms. The molecule has 0 atom stereocenters. The van der Waals surface area contributed by atoms with Gasteiger partial charge in [-0.3, -0.25) is 24.5 Å². The van der Waals surface area contributed by atoms with Gasteiger partial charge in [-0.25, -0.2) is 5.48 Å². The molecule has 3 amide bonds. The summed E-state index contributed by atoms with van der Waals surface area (Å²) in [5.41, 5.74) is 1.59. The standard InChI is InChI=1S/C15H18N2O4S2/c18-13(16-21)7-3-1-2-4-8-17-14(19)12(23-15(17)20)10-11-6-5-9-22-11/h5-6,9-10,21H,1-4,7-8H2,(H,16,18)/b12-10-. The zero-order chi connectivity index (χ0) is 16.7. The van der Waals surface area contributed by atoms with Gasteiger partial charge in [0.05, 0.1) is 4.91 Å². The first-order chi connectivity index (χ1) is 11.1. The Morgan fingerprint density at radius 3 is 2.74 bits per heavy atom. The molecule has 1 aromatic heterocycles. The molecular weight excluding hydrogens is 336 g/mol. The number of amides is 3. The molecule has 1 aromatic rings. The first kappa shape index (κ1) is 17.7. The summed E-state index contributed by atoms with van der Waals surface area (Å²) in [6.45, 7) is 0.401. The minimum Gasteiger partial charge on any atom is -0.289 e. The first-order valence-electron chi connectivity index (χ1n) is 7.33. The highest BCUT2D eigenvalue weighted by Crippen LogP contribution is 2.33. The number of thiophene rings is 1. The van der Waals surface area contributed by atoms with Crippen LogP contribution in [0.25, 0.3) is 6.08 Å². The van der Waals surface area contributed by atoms with Crippen LogP contribution >= 0.6 is 23.1 Å². The molecule has 1 fully saturated rings. The monoisotopic (exact) mass is 354 g/mol. The van der Waals surface area contributed by atoms with Crippen LogP contribution in [0.15, 0.2) is 22.4 Å². The third-order valence-corrected chi connectivity index (χ3v) is 5.08. The van der Waals surface area contributed by atoms with Crippen molar-refractivity contribution in [1.29, 1.82) is 0 Å². The summed E-state index contributed by atoms with van der Waals surface area (Å²) in [5, 5.41) is 10.1. The van der Waals surface area contributed by atoms with Crippen LogP contribution in [0.1, 0.15) is 37.0 Å². The van der Waals surface area contributed by atoms with E-state index in [9.17, 15) is 14.4 Å². The molecule has 1 aliphatic rings. The van der Waals surface area contributed by atoms with Crippen molar-refractivity contribution in [3.8, 4) is 0 Å². The van der Waals surface area contributed by atoms with E-state index in [1.807, 2.05) is 17.5 Å². The van der Waals surface area contributed by atoms with Crippen LogP contribution < -0.4 is 5.48 Å². The maximum Gasteiger partial charge on any atom is 0.293 e. The first-order valence-corrected chi connectivity index (χ1v) is 9.03. The number of hydroxylamine groups is 1. The Labute approximate surface area is 142 Å². The van der Waals surface area contributed by atoms with E-state index in [0.29, 0.717) is 24.3 Å². The molecule has 0 aliphatic carbocycles. The largest absolute Gasteiger partial charge is 0.293 e. The summed E-state index contributed by atoms with van der Waals surface area (Å²) >= 11 is 2.50. The Morgan fingerprint density at radius 1 is 1.26 bits per heavy atom. The molecule has 1 aliphatic heterocycles. The maximum atomic E-state index is 12.2. The lowest BCUT2D eigenvalue weighted by molar-refractivity contribution is -0.129. The van der Waals surface area contributed by atoms with Gasteiger partial charge in [-0.2, -0.15) is 0 Å². The van der Waals surface area contributed by atoms with Crippen molar-refractivity contribution >= 4 is 46.2 Å². The van der Waals surface area contributed by atoms with Gasteiger partial charge in [0.2, 0.25) is 5.91 Å². The van der Waals surface area contributed by atoms with Crippen molar-refractivity contribution < 1.29 is 19.6 Å². The SMILES string of the molecule is O=C(CCCCCCN1C(=O)S/C(=C\c2cccs2)C1=O)NO. The molecule has 124 valence electrons. The predicted octanol–water partition coefficient (Wildman–Crippen LogP) is 3.24. The molecule has 0 saturated carbocycles. The van der Waals surface area contributed by atoms with Crippen molar-refractivity contribution in [2.45, 2.75) is 32.1 Å². The van der Waals surface area contributed by atoms with Crippen molar-refractivity contribution in [3.63, 3.8) is 0 Å². The van der Waals surface area contributed by atoms with E-state index in [0.717, 1.165) is 29.5 Å². The van der Waals surface area contributed by atoms with Crippen LogP contribution in [-0.2, 0) is 9.59 Å². The molecule has 0 radical (unpaired) electrons. The number of imide groups is 1. The second kappa shape index (κ2) is 8.85. The quantitative estimate of drug-likeness (QED) is 0.324. The third kappa shape index (κ3) is 5.19. The van der Waals surface area contributed by atoms with Crippen molar-refractivity contribution in [2.24, 2.45) is 0 Å². The summed E-state index contributed by atoms with van der Waals surface area (Å²) in [6, 6.07) is 3.80. The van der Waals surface area contributed by atoms with Gasteiger partial charge in [-0.05, 0) is 42.1 Å². The summed E-state index contributed by atoms with van der Waals surface area (Å²) in [4.78, 5) is 37.7. The molecule has 0 bridgehead atoms. The molecule has 6 nitrogen and oxygen atoms in total. The second-order valence-corrected chi connectivity index (χ2v) is 7.02. The van der Waals surface area contributed by atoms with Gasteiger partial charge in [-0.1, -0.05) is 18.9 Å². The Hall–Kier alpha value is -1.64. The Kier molecular flexibility index (Phi) is 6.82. The number of nitrogens with one attached hydrogen (secondary N) is 1. The summed E-state index contributed by atoms with van der Waals surface area (Å²) in [5.74, 6) is -0.622. The van der Waals surface area contributed by atoms with Crippen LogP contribution in [0.5, 0.6) is 0 Å². The lowest BCUT2D eigenvalue weighted by Crippen LogP contribution is -2.29. The van der Waals surface area contributed by atoms with Crippen molar-refractivity contribution in [3.05, 3.63) is 27.3 Å². The number of hydrogen-bond donors (Lipinski definition) is 2. The lowest BCUT2D eigenvalue weighted by Gasteiger charge is -2.11. The molecule has 2 heterocycles.